The van der Waals surface area contributed by atoms with E-state index in [0.29, 0.717) is 5.56 Å². The molecular weight excluding hydrogens is 316 g/mol. The molecule has 0 saturated carbocycles. The summed E-state index contributed by atoms with van der Waals surface area (Å²) in [7, 11) is -2.38. The highest BCUT2D eigenvalue weighted by atomic mass is 32.2. The fraction of sp³-hybridized carbons (Fsp3) is 0.125. The number of rotatable bonds is 6. The van der Waals surface area contributed by atoms with Crippen molar-refractivity contribution in [1.82, 2.24) is 9.71 Å². The molecule has 0 bridgehead atoms. The molecule has 0 amide bonds. The van der Waals surface area contributed by atoms with Crippen LogP contribution in [0.3, 0.4) is 0 Å². The third-order valence-electron chi connectivity index (χ3n) is 2.97. The van der Waals surface area contributed by atoms with Gasteiger partial charge in [-0.05, 0) is 35.4 Å². The molecule has 6 nitrogen and oxygen atoms in total. The summed E-state index contributed by atoms with van der Waals surface area (Å²) in [5.74, 6) is -0.507. The van der Waals surface area contributed by atoms with Gasteiger partial charge in [-0.2, -0.15) is 0 Å². The van der Waals surface area contributed by atoms with Gasteiger partial charge in [0.1, 0.15) is 0 Å². The second-order valence-electron chi connectivity index (χ2n) is 4.61. The van der Waals surface area contributed by atoms with Gasteiger partial charge in [-0.3, -0.25) is 4.98 Å². The van der Waals surface area contributed by atoms with E-state index in [1.54, 1.807) is 36.7 Å². The lowest BCUT2D eigenvalue weighted by atomic mass is 10.2. The van der Waals surface area contributed by atoms with E-state index in [2.05, 4.69) is 14.4 Å². The number of hydrogen-bond donors (Lipinski definition) is 1. The molecule has 2 rings (SSSR count). The predicted octanol–water partition coefficient (Wildman–Crippen LogP) is 1.75. The van der Waals surface area contributed by atoms with Gasteiger partial charge in [0.15, 0.2) is 0 Å². The Morgan fingerprint density at radius 2 is 2.13 bits per heavy atom. The minimum Gasteiger partial charge on any atom is -0.466 e. The molecule has 0 radical (unpaired) electrons. The van der Waals surface area contributed by atoms with Gasteiger partial charge < -0.3 is 4.74 Å². The topological polar surface area (TPSA) is 85.4 Å². The summed E-state index contributed by atoms with van der Waals surface area (Å²) in [6.45, 7) is 0.151. The molecule has 0 spiro atoms. The number of pyridine rings is 1. The Morgan fingerprint density at radius 3 is 2.83 bits per heavy atom. The number of ether oxygens (including phenoxy) is 1. The Labute approximate surface area is 134 Å². The van der Waals surface area contributed by atoms with E-state index in [-0.39, 0.29) is 11.4 Å². The molecule has 1 aromatic heterocycles. The zero-order valence-electron chi connectivity index (χ0n) is 12.5. The number of carbonyl (C=O) groups excluding carboxylic acids is 1. The van der Waals surface area contributed by atoms with E-state index in [1.165, 1.54) is 31.4 Å². The van der Waals surface area contributed by atoms with Gasteiger partial charge in [0.05, 0.1) is 12.0 Å². The number of nitrogens with one attached hydrogen (secondary N) is 1. The summed E-state index contributed by atoms with van der Waals surface area (Å²) < 4.78 is 31.6. The monoisotopic (exact) mass is 332 g/mol. The molecule has 0 aliphatic carbocycles. The Morgan fingerprint density at radius 1 is 1.30 bits per heavy atom. The standard InChI is InChI=1S/C16H16N2O4S/c1-22-16(19)8-7-13-4-2-6-15(10-13)23(20,21)18-12-14-5-3-9-17-11-14/h2-11,18H,12H2,1H3/b8-7+. The van der Waals surface area contributed by atoms with Crippen molar-refractivity contribution in [3.63, 3.8) is 0 Å². The van der Waals surface area contributed by atoms with Crippen LogP contribution in [0.1, 0.15) is 11.1 Å². The van der Waals surface area contributed by atoms with Gasteiger partial charge in [0, 0.05) is 25.0 Å². The molecular formula is C16H16N2O4S. The first-order chi connectivity index (χ1) is 11.0. The van der Waals surface area contributed by atoms with Crippen LogP contribution in [0, 0.1) is 0 Å². The third-order valence-corrected chi connectivity index (χ3v) is 4.37. The van der Waals surface area contributed by atoms with Crippen molar-refractivity contribution in [2.75, 3.05) is 7.11 Å². The first-order valence-corrected chi connectivity index (χ1v) is 8.24. The normalized spacial score (nSPS) is 11.5. The van der Waals surface area contributed by atoms with Crippen LogP contribution in [0.4, 0.5) is 0 Å². The lowest BCUT2D eigenvalue weighted by molar-refractivity contribution is -0.134. The number of nitrogens with zero attached hydrogens (tertiary/aromatic N) is 1. The van der Waals surface area contributed by atoms with Crippen LogP contribution in [0.2, 0.25) is 0 Å². The van der Waals surface area contributed by atoms with Gasteiger partial charge in [-0.15, -0.1) is 0 Å². The van der Waals surface area contributed by atoms with E-state index in [9.17, 15) is 13.2 Å². The van der Waals surface area contributed by atoms with Crippen LogP contribution >= 0.6 is 0 Å². The zero-order valence-corrected chi connectivity index (χ0v) is 13.3. The molecule has 23 heavy (non-hydrogen) atoms. The third kappa shape index (κ3) is 5.01. The van der Waals surface area contributed by atoms with Crippen molar-refractivity contribution in [1.29, 1.82) is 0 Å². The maximum Gasteiger partial charge on any atom is 0.330 e. The molecule has 0 aliphatic rings. The summed E-state index contributed by atoms with van der Waals surface area (Å²) in [6.07, 6.45) is 5.94. The van der Waals surface area contributed by atoms with Crippen molar-refractivity contribution in [2.24, 2.45) is 0 Å². The van der Waals surface area contributed by atoms with Crippen LogP contribution in [-0.4, -0.2) is 26.5 Å². The molecule has 0 saturated heterocycles. The fourth-order valence-corrected chi connectivity index (χ4v) is 2.85. The Kier molecular flexibility index (Phi) is 5.61. The lowest BCUT2D eigenvalue weighted by Crippen LogP contribution is -2.23. The molecule has 7 heteroatoms. The second-order valence-corrected chi connectivity index (χ2v) is 6.38. The maximum absolute atomic E-state index is 12.3. The second kappa shape index (κ2) is 7.66. The van der Waals surface area contributed by atoms with E-state index in [1.807, 2.05) is 0 Å². The molecule has 1 aromatic carbocycles. The smallest absolute Gasteiger partial charge is 0.330 e. The Hall–Kier alpha value is -2.51. The van der Waals surface area contributed by atoms with Gasteiger partial charge in [0.2, 0.25) is 10.0 Å². The molecule has 0 aliphatic heterocycles. The molecule has 1 N–H and O–H groups in total. The molecule has 0 atom stereocenters. The van der Waals surface area contributed by atoms with E-state index in [0.717, 1.165) is 5.56 Å². The van der Waals surface area contributed by atoms with E-state index < -0.39 is 16.0 Å². The van der Waals surface area contributed by atoms with Crippen molar-refractivity contribution in [2.45, 2.75) is 11.4 Å². The zero-order chi connectivity index (χ0) is 16.7. The van der Waals surface area contributed by atoms with Gasteiger partial charge in [-0.25, -0.2) is 17.9 Å². The van der Waals surface area contributed by atoms with Crippen LogP contribution < -0.4 is 4.72 Å². The molecule has 0 unspecified atom stereocenters. The number of hydrogen-bond acceptors (Lipinski definition) is 5. The average molecular weight is 332 g/mol. The van der Waals surface area contributed by atoms with E-state index >= 15 is 0 Å². The van der Waals surface area contributed by atoms with Crippen LogP contribution in [0.15, 0.2) is 59.8 Å². The van der Waals surface area contributed by atoms with Crippen molar-refractivity contribution >= 4 is 22.1 Å². The van der Waals surface area contributed by atoms with Crippen LogP contribution in [0.25, 0.3) is 6.08 Å². The Bertz CT molecular complexity index is 802. The highest BCUT2D eigenvalue weighted by Gasteiger charge is 2.13. The number of carbonyl (C=O) groups is 1. The predicted molar refractivity (Wildman–Crippen MR) is 85.8 cm³/mol. The summed E-state index contributed by atoms with van der Waals surface area (Å²) in [5.41, 5.74) is 1.34. The number of esters is 1. The fourth-order valence-electron chi connectivity index (χ4n) is 1.78. The molecule has 0 fully saturated rings. The van der Waals surface area contributed by atoms with Crippen LogP contribution in [-0.2, 0) is 26.1 Å². The lowest BCUT2D eigenvalue weighted by Gasteiger charge is -2.07. The SMILES string of the molecule is COC(=O)/C=C/c1cccc(S(=O)(=O)NCc2cccnc2)c1. The maximum atomic E-state index is 12.3. The first kappa shape index (κ1) is 16.9. The van der Waals surface area contributed by atoms with Crippen molar-refractivity contribution in [3.8, 4) is 0 Å². The molecule has 120 valence electrons. The minimum absolute atomic E-state index is 0.119. The summed E-state index contributed by atoms with van der Waals surface area (Å²) in [4.78, 5) is 15.1. The summed E-state index contributed by atoms with van der Waals surface area (Å²) in [6, 6.07) is 9.79. The molecule has 2 aromatic rings. The number of sulfonamides is 1. The number of aromatic nitrogens is 1. The highest BCUT2D eigenvalue weighted by molar-refractivity contribution is 7.89. The average Bonchev–Trinajstić information content (AvgIpc) is 2.59. The summed E-state index contributed by atoms with van der Waals surface area (Å²) >= 11 is 0. The number of benzene rings is 1. The quantitative estimate of drug-likeness (QED) is 0.643. The highest BCUT2D eigenvalue weighted by Crippen LogP contribution is 2.13. The minimum atomic E-state index is -3.65. The van der Waals surface area contributed by atoms with Gasteiger partial charge >= 0.3 is 5.97 Å². The van der Waals surface area contributed by atoms with Gasteiger partial charge in [-0.1, -0.05) is 18.2 Å². The Balaban J connectivity index is 2.13. The van der Waals surface area contributed by atoms with Gasteiger partial charge in [0.25, 0.3) is 0 Å². The number of methoxy groups -OCH3 is 1. The largest absolute Gasteiger partial charge is 0.466 e. The van der Waals surface area contributed by atoms with Crippen LogP contribution in [0.5, 0.6) is 0 Å². The van der Waals surface area contributed by atoms with Crippen molar-refractivity contribution in [3.05, 3.63) is 66.0 Å². The first-order valence-electron chi connectivity index (χ1n) is 6.76. The molecule has 1 heterocycles. The summed E-state index contributed by atoms with van der Waals surface area (Å²) in [5, 5.41) is 0. The van der Waals surface area contributed by atoms with E-state index in [4.69, 9.17) is 0 Å². The van der Waals surface area contributed by atoms with Crippen molar-refractivity contribution < 1.29 is 17.9 Å².